The predicted molar refractivity (Wildman–Crippen MR) is 103 cm³/mol. The first-order chi connectivity index (χ1) is 14.7. The van der Waals surface area contributed by atoms with Crippen molar-refractivity contribution in [1.82, 2.24) is 4.57 Å². The van der Waals surface area contributed by atoms with Crippen LogP contribution in [-0.2, 0) is 31.6 Å². The van der Waals surface area contributed by atoms with Crippen molar-refractivity contribution in [2.24, 2.45) is 0 Å². The maximum absolute atomic E-state index is 11.8. The van der Waals surface area contributed by atoms with Gasteiger partial charge in [0, 0.05) is 30.1 Å². The van der Waals surface area contributed by atoms with Crippen LogP contribution in [0.1, 0.15) is 12.6 Å². The second-order valence-electron chi connectivity index (χ2n) is 6.54. The van der Waals surface area contributed by atoms with Crippen molar-refractivity contribution >= 4 is 40.1 Å². The van der Waals surface area contributed by atoms with Crippen molar-refractivity contribution in [3.63, 3.8) is 0 Å². The third kappa shape index (κ3) is 6.29. The Kier molecular flexibility index (Phi) is 7.09. The number of aromatic nitrogens is 1. The van der Waals surface area contributed by atoms with Crippen molar-refractivity contribution in [3.8, 4) is 0 Å². The van der Waals surface area contributed by atoms with E-state index in [0.717, 1.165) is 0 Å². The van der Waals surface area contributed by atoms with Gasteiger partial charge in [-0.05, 0) is 12.1 Å². The number of hydrogen-bond acceptors (Lipinski definition) is 10. The summed E-state index contributed by atoms with van der Waals surface area (Å²) in [5.74, 6) is 0. The lowest BCUT2D eigenvalue weighted by Crippen LogP contribution is -2.26. The summed E-state index contributed by atoms with van der Waals surface area (Å²) in [6.45, 7) is -0.819. The number of benzene rings is 1. The van der Waals surface area contributed by atoms with Gasteiger partial charge in [0.1, 0.15) is 12.3 Å². The zero-order valence-corrected chi connectivity index (χ0v) is 18.4. The molecule has 0 aliphatic carbocycles. The Labute approximate surface area is 178 Å². The first-order valence-corrected chi connectivity index (χ1v) is 13.0. The minimum absolute atomic E-state index is 0.0309. The average Bonchev–Trinajstić information content (AvgIpc) is 3.19. The van der Waals surface area contributed by atoms with E-state index in [1.807, 2.05) is 0 Å². The fourth-order valence-electron chi connectivity index (χ4n) is 3.01. The third-order valence-corrected chi connectivity index (χ3v) is 8.05. The van der Waals surface area contributed by atoms with E-state index in [1.165, 1.54) is 22.8 Å². The molecule has 5 N–H and O–H groups in total. The van der Waals surface area contributed by atoms with Gasteiger partial charge >= 0.3 is 23.5 Å². The highest BCUT2D eigenvalue weighted by molar-refractivity contribution is 7.66. The standard InChI is InChI=1S/C13H17N2O14P3/c16-11-6-13(14-4-3-8-1-2-9(15(17)18)5-10(8)14)27-12(11)7-26-31(22,23)29-32(24,25)28-30(19,20)21/h1-5,11-13,16H,6-7H2,(H,22,23)(H,24,25)(H2,19,20,21)/t11-,12+,13+/m0/s1. The molecule has 32 heavy (non-hydrogen) atoms. The van der Waals surface area contributed by atoms with Crippen LogP contribution in [0.5, 0.6) is 0 Å². The predicted octanol–water partition coefficient (Wildman–Crippen LogP) is 1.54. The molecule has 178 valence electrons. The van der Waals surface area contributed by atoms with Gasteiger partial charge in [-0.25, -0.2) is 13.7 Å². The van der Waals surface area contributed by atoms with Crippen LogP contribution in [0, 0.1) is 10.1 Å². The summed E-state index contributed by atoms with van der Waals surface area (Å²) >= 11 is 0. The van der Waals surface area contributed by atoms with Gasteiger partial charge in [-0.2, -0.15) is 8.62 Å². The van der Waals surface area contributed by atoms with E-state index in [2.05, 4.69) is 13.1 Å². The molecule has 1 aliphatic rings. The van der Waals surface area contributed by atoms with Crippen molar-refractivity contribution in [2.45, 2.75) is 24.9 Å². The van der Waals surface area contributed by atoms with Crippen molar-refractivity contribution in [2.75, 3.05) is 6.61 Å². The smallest absolute Gasteiger partial charge is 0.390 e. The van der Waals surface area contributed by atoms with Crippen LogP contribution in [0.25, 0.3) is 10.9 Å². The zero-order valence-electron chi connectivity index (χ0n) is 15.7. The van der Waals surface area contributed by atoms with Crippen LogP contribution >= 0.6 is 23.5 Å². The number of fused-ring (bicyclic) bond motifs is 1. The van der Waals surface area contributed by atoms with E-state index in [-0.39, 0.29) is 12.1 Å². The highest BCUT2D eigenvalue weighted by Gasteiger charge is 2.42. The van der Waals surface area contributed by atoms with Crippen molar-refractivity contribution in [1.29, 1.82) is 0 Å². The molecule has 1 saturated heterocycles. The van der Waals surface area contributed by atoms with E-state index in [4.69, 9.17) is 19.4 Å². The molecule has 1 aromatic carbocycles. The Morgan fingerprint density at radius 3 is 2.44 bits per heavy atom. The van der Waals surface area contributed by atoms with Gasteiger partial charge in [0.15, 0.2) is 0 Å². The lowest BCUT2D eigenvalue weighted by Gasteiger charge is -2.19. The summed E-state index contributed by atoms with van der Waals surface area (Å²) < 4.78 is 52.5. The lowest BCUT2D eigenvalue weighted by atomic mass is 10.2. The molecule has 2 unspecified atom stereocenters. The molecular weight excluding hydrogens is 501 g/mol. The minimum Gasteiger partial charge on any atom is -0.390 e. The average molecular weight is 518 g/mol. The SMILES string of the molecule is O=[N+]([O-])c1ccc2ccn([C@H]3C[C@H](O)[C@@H](COP(=O)(O)OP(=O)(O)OP(=O)(O)O)O3)c2c1. The van der Waals surface area contributed by atoms with Gasteiger partial charge < -0.3 is 34.0 Å². The summed E-state index contributed by atoms with van der Waals surface area (Å²) in [6, 6.07) is 5.82. The number of ether oxygens (including phenoxy) is 1. The number of phosphoric ester groups is 1. The molecule has 1 aromatic heterocycles. The molecule has 5 atom stereocenters. The number of nitro groups is 1. The van der Waals surface area contributed by atoms with Crippen LogP contribution in [0.4, 0.5) is 5.69 Å². The number of nitrogens with zero attached hydrogens (tertiary/aromatic N) is 2. The Balaban J connectivity index is 1.67. The first kappa shape index (κ1) is 25.1. The Morgan fingerprint density at radius 2 is 1.81 bits per heavy atom. The number of phosphoric acid groups is 3. The number of nitro benzene ring substituents is 1. The van der Waals surface area contributed by atoms with E-state index in [9.17, 15) is 33.8 Å². The quantitative estimate of drug-likeness (QED) is 0.180. The maximum atomic E-state index is 11.8. The van der Waals surface area contributed by atoms with Gasteiger partial charge in [-0.1, -0.05) is 0 Å². The highest BCUT2D eigenvalue weighted by atomic mass is 31.3. The van der Waals surface area contributed by atoms with Gasteiger partial charge in [-0.3, -0.25) is 14.6 Å². The largest absolute Gasteiger partial charge is 0.490 e. The van der Waals surface area contributed by atoms with Gasteiger partial charge in [0.25, 0.3) is 5.69 Å². The van der Waals surface area contributed by atoms with Crippen molar-refractivity contribution < 1.29 is 61.2 Å². The molecule has 0 bridgehead atoms. The summed E-state index contributed by atoms with van der Waals surface area (Å²) in [7, 11) is -16.6. The maximum Gasteiger partial charge on any atom is 0.490 e. The summed E-state index contributed by atoms with van der Waals surface area (Å²) in [6.07, 6.45) is -1.75. The number of rotatable bonds is 9. The number of hydrogen-bond donors (Lipinski definition) is 5. The van der Waals surface area contributed by atoms with Gasteiger partial charge in [0.2, 0.25) is 0 Å². The number of aliphatic hydroxyl groups excluding tert-OH is 1. The molecule has 1 aliphatic heterocycles. The van der Waals surface area contributed by atoms with Gasteiger partial charge in [0.05, 0.1) is 23.2 Å². The van der Waals surface area contributed by atoms with Crippen molar-refractivity contribution in [3.05, 3.63) is 40.6 Å². The summed E-state index contributed by atoms with van der Waals surface area (Å²) in [5.41, 5.74) is 0.269. The molecule has 0 amide bonds. The summed E-state index contributed by atoms with van der Waals surface area (Å²) in [4.78, 5) is 46.1. The summed E-state index contributed by atoms with van der Waals surface area (Å²) in [5, 5.41) is 21.9. The molecule has 0 spiro atoms. The van der Waals surface area contributed by atoms with Crippen LogP contribution in [-0.4, -0.2) is 53.0 Å². The topological polar surface area (TPSA) is 237 Å². The second-order valence-corrected chi connectivity index (χ2v) is 11.0. The number of aliphatic hydroxyl groups is 1. The van der Waals surface area contributed by atoms with Crippen LogP contribution in [0.3, 0.4) is 0 Å². The monoisotopic (exact) mass is 518 g/mol. The molecule has 2 heterocycles. The number of non-ortho nitro benzene ring substituents is 1. The van der Waals surface area contributed by atoms with Crippen LogP contribution in [0.2, 0.25) is 0 Å². The van der Waals surface area contributed by atoms with E-state index < -0.39 is 53.4 Å². The van der Waals surface area contributed by atoms with Crippen LogP contribution in [0.15, 0.2) is 30.5 Å². The molecule has 3 rings (SSSR count). The Bertz CT molecular complexity index is 1160. The van der Waals surface area contributed by atoms with E-state index >= 15 is 0 Å². The molecule has 0 saturated carbocycles. The molecular formula is C13H17N2O14P3. The van der Waals surface area contributed by atoms with E-state index in [1.54, 1.807) is 12.3 Å². The zero-order chi connectivity index (χ0) is 23.9. The molecule has 1 fully saturated rings. The lowest BCUT2D eigenvalue weighted by molar-refractivity contribution is -0.384. The fourth-order valence-corrected chi connectivity index (χ4v) is 6.04. The van der Waals surface area contributed by atoms with Gasteiger partial charge in [-0.15, -0.1) is 0 Å². The van der Waals surface area contributed by atoms with E-state index in [0.29, 0.717) is 10.9 Å². The Hall–Kier alpha value is -1.51. The first-order valence-electron chi connectivity index (χ1n) is 8.53. The minimum atomic E-state index is -5.67. The normalized spacial score (nSPS) is 25.5. The third-order valence-electron chi connectivity index (χ3n) is 4.25. The fraction of sp³-hybridized carbons (Fsp3) is 0.385. The second kappa shape index (κ2) is 9.03. The molecule has 19 heteroatoms. The van der Waals surface area contributed by atoms with Crippen LogP contribution < -0.4 is 0 Å². The molecule has 2 aromatic rings. The molecule has 16 nitrogen and oxygen atoms in total. The highest BCUT2D eigenvalue weighted by Crippen LogP contribution is 2.66. The Morgan fingerprint density at radius 1 is 1.12 bits per heavy atom. The molecule has 0 radical (unpaired) electrons.